The molecule has 2 aliphatic rings. The highest BCUT2D eigenvalue weighted by atomic mass is 16.2. The molecule has 2 aromatic rings. The smallest absolute Gasteiger partial charge is 0.341 e. The van der Waals surface area contributed by atoms with Gasteiger partial charge in [0.05, 0.1) is 0 Å². The molecule has 7 nitrogen and oxygen atoms in total. The summed E-state index contributed by atoms with van der Waals surface area (Å²) in [6.07, 6.45) is 4.17. The quantitative estimate of drug-likeness (QED) is 0.770. The molecule has 1 fully saturated rings. The zero-order valence-electron chi connectivity index (χ0n) is 15.6. The molecule has 1 aromatic carbocycles. The van der Waals surface area contributed by atoms with E-state index >= 15 is 0 Å². The molecule has 2 aliphatic heterocycles. The van der Waals surface area contributed by atoms with Gasteiger partial charge in [-0.1, -0.05) is 29.8 Å². The molecule has 1 unspecified atom stereocenters. The van der Waals surface area contributed by atoms with E-state index in [2.05, 4.69) is 5.10 Å². The second-order valence-electron chi connectivity index (χ2n) is 7.46. The average molecular weight is 368 g/mol. The largest absolute Gasteiger partial charge is 0.347 e. The standard InChI is InChI=1S/C20H24N4O3/c1-14-7-9-15(10-8-14)17(25)13-23-20(27)24-16(5-4-6-18(24)21-23)19(26)22-11-2-3-12-22/h7-10,16H,2-6,11-13H2,1H3. The third-order valence-corrected chi connectivity index (χ3v) is 5.50. The minimum atomic E-state index is -0.484. The van der Waals surface area contributed by atoms with E-state index in [4.69, 9.17) is 0 Å². The minimum absolute atomic E-state index is 0.0139. The lowest BCUT2D eigenvalue weighted by Crippen LogP contribution is -2.41. The first-order valence-corrected chi connectivity index (χ1v) is 9.61. The van der Waals surface area contributed by atoms with Gasteiger partial charge < -0.3 is 4.90 Å². The second-order valence-corrected chi connectivity index (χ2v) is 7.46. The molecule has 0 aliphatic carbocycles. The molecule has 1 aromatic heterocycles. The van der Waals surface area contributed by atoms with Crippen LogP contribution in [0.15, 0.2) is 29.1 Å². The summed E-state index contributed by atoms with van der Waals surface area (Å²) >= 11 is 0. The summed E-state index contributed by atoms with van der Waals surface area (Å²) in [7, 11) is 0. The summed E-state index contributed by atoms with van der Waals surface area (Å²) in [4.78, 5) is 40.1. The second kappa shape index (κ2) is 7.13. The monoisotopic (exact) mass is 368 g/mol. The van der Waals surface area contributed by atoms with Crippen molar-refractivity contribution in [2.45, 2.75) is 51.6 Å². The molecular formula is C20H24N4O3. The van der Waals surface area contributed by atoms with Crippen molar-refractivity contribution in [1.82, 2.24) is 19.2 Å². The van der Waals surface area contributed by atoms with Crippen molar-refractivity contribution in [3.05, 3.63) is 51.7 Å². The molecule has 4 rings (SSSR count). The molecule has 0 spiro atoms. The predicted octanol–water partition coefficient (Wildman–Crippen LogP) is 1.74. The summed E-state index contributed by atoms with van der Waals surface area (Å²) in [6, 6.07) is 6.79. The SMILES string of the molecule is Cc1ccc(C(=O)Cn2nc3n(c2=O)C(C(=O)N2CCCC2)CCC3)cc1. The van der Waals surface area contributed by atoms with E-state index < -0.39 is 6.04 Å². The van der Waals surface area contributed by atoms with Gasteiger partial charge in [-0.05, 0) is 32.6 Å². The minimum Gasteiger partial charge on any atom is -0.341 e. The predicted molar refractivity (Wildman–Crippen MR) is 99.8 cm³/mol. The number of nitrogens with zero attached hydrogens (tertiary/aromatic N) is 4. The fraction of sp³-hybridized carbons (Fsp3) is 0.500. The molecule has 27 heavy (non-hydrogen) atoms. The Hall–Kier alpha value is -2.70. The number of fused-ring (bicyclic) bond motifs is 1. The summed E-state index contributed by atoms with van der Waals surface area (Å²) in [5.41, 5.74) is 1.27. The number of likely N-dealkylation sites (tertiary alicyclic amines) is 1. The topological polar surface area (TPSA) is 77.2 Å². The van der Waals surface area contributed by atoms with Crippen molar-refractivity contribution >= 4 is 11.7 Å². The van der Waals surface area contributed by atoms with E-state index in [1.54, 1.807) is 12.1 Å². The third-order valence-electron chi connectivity index (χ3n) is 5.50. The van der Waals surface area contributed by atoms with E-state index in [0.717, 1.165) is 37.9 Å². The molecule has 0 N–H and O–H groups in total. The summed E-state index contributed by atoms with van der Waals surface area (Å²) in [6.45, 7) is 3.38. The van der Waals surface area contributed by atoms with Crippen molar-refractivity contribution in [2.75, 3.05) is 13.1 Å². The van der Waals surface area contributed by atoms with Crippen molar-refractivity contribution in [3.63, 3.8) is 0 Å². The van der Waals surface area contributed by atoms with Gasteiger partial charge in [-0.25, -0.2) is 9.48 Å². The van der Waals surface area contributed by atoms with Crippen LogP contribution in [0.3, 0.4) is 0 Å². The number of hydrogen-bond acceptors (Lipinski definition) is 4. The van der Waals surface area contributed by atoms with Crippen LogP contribution in [-0.2, 0) is 17.8 Å². The first kappa shape index (κ1) is 17.7. The number of hydrogen-bond donors (Lipinski definition) is 0. The molecule has 142 valence electrons. The number of aromatic nitrogens is 3. The number of carbonyl (C=O) groups excluding carboxylic acids is 2. The van der Waals surface area contributed by atoms with Gasteiger partial charge in [-0.3, -0.25) is 14.2 Å². The van der Waals surface area contributed by atoms with Crippen LogP contribution < -0.4 is 5.69 Å². The van der Waals surface area contributed by atoms with E-state index in [1.165, 1.54) is 9.25 Å². The molecule has 3 heterocycles. The number of Topliss-reactive ketones (excluding diaryl/α,β-unsaturated/α-hetero) is 1. The highest BCUT2D eigenvalue weighted by Gasteiger charge is 2.34. The first-order chi connectivity index (χ1) is 13.0. The van der Waals surface area contributed by atoms with E-state index in [9.17, 15) is 14.4 Å². The zero-order chi connectivity index (χ0) is 19.0. The Morgan fingerprint density at radius 1 is 1.11 bits per heavy atom. The van der Waals surface area contributed by atoms with Crippen LogP contribution in [0.4, 0.5) is 0 Å². The molecule has 1 amide bonds. The highest BCUT2D eigenvalue weighted by molar-refractivity contribution is 5.95. The van der Waals surface area contributed by atoms with E-state index in [0.29, 0.717) is 24.2 Å². The lowest BCUT2D eigenvalue weighted by atomic mass is 10.0. The lowest BCUT2D eigenvalue weighted by Gasteiger charge is -2.27. The van der Waals surface area contributed by atoms with Gasteiger partial charge in [-0.2, -0.15) is 5.10 Å². The Morgan fingerprint density at radius 2 is 1.81 bits per heavy atom. The number of ketones is 1. The van der Waals surface area contributed by atoms with E-state index in [-0.39, 0.29) is 23.9 Å². The van der Waals surface area contributed by atoms with Gasteiger partial charge in [-0.15, -0.1) is 0 Å². The van der Waals surface area contributed by atoms with Gasteiger partial charge in [0.25, 0.3) is 0 Å². The Kier molecular flexibility index (Phi) is 4.68. The first-order valence-electron chi connectivity index (χ1n) is 9.61. The summed E-state index contributed by atoms with van der Waals surface area (Å²) < 4.78 is 2.74. The Labute approximate surface area is 157 Å². The van der Waals surface area contributed by atoms with Crippen LogP contribution in [0, 0.1) is 6.92 Å². The Morgan fingerprint density at radius 3 is 2.52 bits per heavy atom. The number of amides is 1. The van der Waals surface area contributed by atoms with E-state index in [1.807, 2.05) is 24.0 Å². The Bertz CT molecular complexity index is 920. The number of aryl methyl sites for hydroxylation is 2. The summed E-state index contributed by atoms with van der Waals surface area (Å²) in [5.74, 6) is 0.468. The van der Waals surface area contributed by atoms with Gasteiger partial charge in [0.1, 0.15) is 18.4 Å². The van der Waals surface area contributed by atoms with Crippen LogP contribution in [0.1, 0.15) is 53.5 Å². The highest BCUT2D eigenvalue weighted by Crippen LogP contribution is 2.25. The van der Waals surface area contributed by atoms with Crippen LogP contribution >= 0.6 is 0 Å². The average Bonchev–Trinajstić information content (AvgIpc) is 3.31. The number of benzene rings is 1. The van der Waals surface area contributed by atoms with Crippen LogP contribution in [0.2, 0.25) is 0 Å². The van der Waals surface area contributed by atoms with Gasteiger partial charge in [0.15, 0.2) is 5.78 Å². The number of rotatable bonds is 4. The third kappa shape index (κ3) is 3.34. The molecule has 0 saturated carbocycles. The molecular weight excluding hydrogens is 344 g/mol. The van der Waals surface area contributed by atoms with Crippen molar-refractivity contribution in [2.24, 2.45) is 0 Å². The zero-order valence-corrected chi connectivity index (χ0v) is 15.6. The van der Waals surface area contributed by atoms with Gasteiger partial charge >= 0.3 is 5.69 Å². The maximum Gasteiger partial charge on any atom is 0.347 e. The van der Waals surface area contributed by atoms with Gasteiger partial charge in [0.2, 0.25) is 5.91 Å². The molecule has 0 radical (unpaired) electrons. The van der Waals surface area contributed by atoms with Crippen LogP contribution in [0.5, 0.6) is 0 Å². The number of carbonyl (C=O) groups is 2. The molecule has 1 saturated heterocycles. The van der Waals surface area contributed by atoms with Gasteiger partial charge in [0, 0.05) is 25.1 Å². The fourth-order valence-electron chi connectivity index (χ4n) is 3.98. The summed E-state index contributed by atoms with van der Waals surface area (Å²) in [5, 5.41) is 4.37. The lowest BCUT2D eigenvalue weighted by molar-refractivity contribution is -0.134. The maximum absolute atomic E-state index is 12.9. The van der Waals surface area contributed by atoms with Crippen LogP contribution in [-0.4, -0.2) is 44.0 Å². The normalized spacial score (nSPS) is 19.1. The molecule has 0 bridgehead atoms. The van der Waals surface area contributed by atoms with Crippen molar-refractivity contribution < 1.29 is 9.59 Å². The van der Waals surface area contributed by atoms with Crippen LogP contribution in [0.25, 0.3) is 0 Å². The van der Waals surface area contributed by atoms with Crippen molar-refractivity contribution in [1.29, 1.82) is 0 Å². The van der Waals surface area contributed by atoms with Crippen molar-refractivity contribution in [3.8, 4) is 0 Å². The maximum atomic E-state index is 12.9. The molecule has 7 heteroatoms. The fourth-order valence-corrected chi connectivity index (χ4v) is 3.98. The molecule has 1 atom stereocenters. The Balaban J connectivity index is 1.59.